The summed E-state index contributed by atoms with van der Waals surface area (Å²) in [4.78, 5) is 19.7. The quantitative estimate of drug-likeness (QED) is 0.554. The van der Waals surface area contributed by atoms with Crippen LogP contribution in [0.25, 0.3) is 15.9 Å². The summed E-state index contributed by atoms with van der Waals surface area (Å²) < 4.78 is 7.95. The molecule has 0 spiro atoms. The topological polar surface area (TPSA) is 98.1 Å². The first-order valence-electron chi connectivity index (χ1n) is 9.14. The number of hydrogen-bond donors (Lipinski definition) is 1. The number of hydrogen-bond acceptors (Lipinski definition) is 8. The Morgan fingerprint density at radius 2 is 2.03 bits per heavy atom. The van der Waals surface area contributed by atoms with E-state index in [2.05, 4.69) is 25.7 Å². The van der Waals surface area contributed by atoms with Gasteiger partial charge in [0, 0.05) is 24.3 Å². The highest BCUT2D eigenvalue weighted by Gasteiger charge is 2.16. The Bertz CT molecular complexity index is 1150. The van der Waals surface area contributed by atoms with Gasteiger partial charge in [-0.1, -0.05) is 17.4 Å². The summed E-state index contributed by atoms with van der Waals surface area (Å²) in [6, 6.07) is 12.9. The van der Waals surface area contributed by atoms with Gasteiger partial charge in [-0.05, 0) is 46.8 Å². The number of amides is 1. The van der Waals surface area contributed by atoms with Crippen LogP contribution < -0.4 is 10.2 Å². The lowest BCUT2D eigenvalue weighted by Crippen LogP contribution is -2.36. The van der Waals surface area contributed by atoms with Crippen LogP contribution in [-0.2, 0) is 4.74 Å². The predicted molar refractivity (Wildman–Crippen MR) is 110 cm³/mol. The summed E-state index contributed by atoms with van der Waals surface area (Å²) in [5, 5.41) is 15.0. The van der Waals surface area contributed by atoms with Crippen LogP contribution in [-0.4, -0.2) is 57.4 Å². The van der Waals surface area contributed by atoms with Crippen LogP contribution in [0.1, 0.15) is 10.4 Å². The first-order chi connectivity index (χ1) is 14.3. The van der Waals surface area contributed by atoms with Gasteiger partial charge in [0.2, 0.25) is 0 Å². The van der Waals surface area contributed by atoms with Crippen LogP contribution in [0, 0.1) is 0 Å². The van der Waals surface area contributed by atoms with E-state index in [1.807, 2.05) is 24.3 Å². The van der Waals surface area contributed by atoms with Gasteiger partial charge in [0.05, 0.1) is 29.1 Å². The van der Waals surface area contributed by atoms with Crippen molar-refractivity contribution >= 4 is 38.3 Å². The Morgan fingerprint density at radius 3 is 2.86 bits per heavy atom. The molecule has 5 rings (SSSR count). The van der Waals surface area contributed by atoms with Crippen molar-refractivity contribution in [3.05, 3.63) is 54.4 Å². The van der Waals surface area contributed by atoms with Gasteiger partial charge in [-0.2, -0.15) is 0 Å². The molecule has 1 N–H and O–H groups in total. The third-order valence-electron chi connectivity index (χ3n) is 4.64. The second-order valence-corrected chi connectivity index (χ2v) is 7.55. The van der Waals surface area contributed by atoms with Crippen molar-refractivity contribution in [1.82, 2.24) is 25.2 Å². The maximum Gasteiger partial charge on any atom is 0.255 e. The van der Waals surface area contributed by atoms with Gasteiger partial charge in [0.15, 0.2) is 5.13 Å². The third kappa shape index (κ3) is 3.67. The molecule has 1 saturated heterocycles. The molecule has 1 aliphatic rings. The number of nitrogens with one attached hydrogen (secondary N) is 1. The van der Waals surface area contributed by atoms with Gasteiger partial charge in [-0.3, -0.25) is 4.79 Å². The molecule has 0 aliphatic carbocycles. The number of tetrazole rings is 1. The van der Waals surface area contributed by atoms with Gasteiger partial charge in [-0.15, -0.1) is 5.10 Å². The Hall–Kier alpha value is -3.37. The lowest BCUT2D eigenvalue weighted by atomic mass is 10.2. The number of fused-ring (bicyclic) bond motifs is 1. The number of aromatic nitrogens is 5. The fraction of sp³-hybridized carbons (Fsp3) is 0.211. The Labute approximate surface area is 169 Å². The summed E-state index contributed by atoms with van der Waals surface area (Å²) in [6.45, 7) is 3.14. The van der Waals surface area contributed by atoms with E-state index < -0.39 is 0 Å². The highest BCUT2D eigenvalue weighted by Crippen LogP contribution is 2.31. The molecule has 3 heterocycles. The van der Waals surface area contributed by atoms with Crippen molar-refractivity contribution in [1.29, 1.82) is 0 Å². The molecule has 146 valence electrons. The lowest BCUT2D eigenvalue weighted by molar-refractivity contribution is 0.102. The molecule has 1 amide bonds. The van der Waals surface area contributed by atoms with E-state index in [0.717, 1.165) is 53.0 Å². The third-order valence-corrected chi connectivity index (χ3v) is 5.72. The average molecular weight is 407 g/mol. The largest absolute Gasteiger partial charge is 0.378 e. The molecule has 2 aromatic heterocycles. The van der Waals surface area contributed by atoms with Crippen LogP contribution in [0.3, 0.4) is 0 Å². The summed E-state index contributed by atoms with van der Waals surface area (Å²) >= 11 is 1.62. The standard InChI is InChI=1S/C19H17N7O2S/c27-18(13-2-1-3-15(10-13)26-12-20-23-24-26)21-14-4-5-16-17(11-14)29-19(22-16)25-6-8-28-9-7-25/h1-5,10-12H,6-9H2,(H,21,27). The smallest absolute Gasteiger partial charge is 0.255 e. The molecule has 0 bridgehead atoms. The fourth-order valence-corrected chi connectivity index (χ4v) is 4.21. The molecular weight excluding hydrogens is 390 g/mol. The van der Waals surface area contributed by atoms with E-state index in [0.29, 0.717) is 5.56 Å². The molecule has 29 heavy (non-hydrogen) atoms. The van der Waals surface area contributed by atoms with Crippen LogP contribution in [0.5, 0.6) is 0 Å². The number of anilines is 2. The number of rotatable bonds is 4. The normalized spacial score (nSPS) is 14.3. The molecular formula is C19H17N7O2S. The second-order valence-electron chi connectivity index (χ2n) is 6.54. The van der Waals surface area contributed by atoms with Gasteiger partial charge >= 0.3 is 0 Å². The molecule has 1 aliphatic heterocycles. The SMILES string of the molecule is O=C(Nc1ccc2nc(N3CCOCC3)sc2c1)c1cccc(-n2cnnn2)c1. The first-order valence-corrected chi connectivity index (χ1v) is 9.96. The van der Waals surface area contributed by atoms with Crippen LogP contribution in [0.4, 0.5) is 10.8 Å². The fourth-order valence-electron chi connectivity index (χ4n) is 3.15. The van der Waals surface area contributed by atoms with Crippen LogP contribution >= 0.6 is 11.3 Å². The maximum atomic E-state index is 12.7. The molecule has 10 heteroatoms. The zero-order valence-corrected chi connectivity index (χ0v) is 16.2. The van der Waals surface area contributed by atoms with Crippen molar-refractivity contribution in [2.45, 2.75) is 0 Å². The number of nitrogens with zero attached hydrogens (tertiary/aromatic N) is 6. The Morgan fingerprint density at radius 1 is 1.14 bits per heavy atom. The van der Waals surface area contributed by atoms with E-state index >= 15 is 0 Å². The molecule has 0 saturated carbocycles. The summed E-state index contributed by atoms with van der Waals surface area (Å²) in [7, 11) is 0. The monoisotopic (exact) mass is 407 g/mol. The predicted octanol–water partition coefficient (Wildman–Crippen LogP) is 2.36. The van der Waals surface area contributed by atoms with Crippen LogP contribution in [0.15, 0.2) is 48.8 Å². The van der Waals surface area contributed by atoms with E-state index in [1.165, 1.54) is 11.0 Å². The molecule has 1 fully saturated rings. The van der Waals surface area contributed by atoms with Crippen molar-refractivity contribution in [3.63, 3.8) is 0 Å². The maximum absolute atomic E-state index is 12.7. The number of carbonyl (C=O) groups excluding carboxylic acids is 1. The summed E-state index contributed by atoms with van der Waals surface area (Å²) in [5.74, 6) is -0.197. The second kappa shape index (κ2) is 7.57. The number of morpholine rings is 1. The lowest BCUT2D eigenvalue weighted by Gasteiger charge is -2.25. The van der Waals surface area contributed by atoms with Crippen LogP contribution in [0.2, 0.25) is 0 Å². The van der Waals surface area contributed by atoms with Gasteiger partial charge < -0.3 is 15.0 Å². The molecule has 0 radical (unpaired) electrons. The minimum Gasteiger partial charge on any atom is -0.378 e. The Balaban J connectivity index is 1.36. The molecule has 2 aromatic carbocycles. The highest BCUT2D eigenvalue weighted by atomic mass is 32.1. The summed E-state index contributed by atoms with van der Waals surface area (Å²) in [6.07, 6.45) is 1.49. The summed E-state index contributed by atoms with van der Waals surface area (Å²) in [5.41, 5.74) is 2.90. The van der Waals surface area contributed by atoms with E-state index in [4.69, 9.17) is 9.72 Å². The molecule has 0 unspecified atom stereocenters. The van der Waals surface area contributed by atoms with Gasteiger partial charge in [0.25, 0.3) is 5.91 Å². The minimum absolute atomic E-state index is 0.197. The molecule has 0 atom stereocenters. The van der Waals surface area contributed by atoms with Crippen molar-refractivity contribution in [2.75, 3.05) is 36.5 Å². The number of ether oxygens (including phenoxy) is 1. The molecule has 9 nitrogen and oxygen atoms in total. The molecule has 4 aromatic rings. The number of carbonyl (C=O) groups is 1. The minimum atomic E-state index is -0.197. The Kier molecular flexibility index (Phi) is 4.62. The average Bonchev–Trinajstić information content (AvgIpc) is 3.44. The van der Waals surface area contributed by atoms with Crippen molar-refractivity contribution in [2.24, 2.45) is 0 Å². The highest BCUT2D eigenvalue weighted by molar-refractivity contribution is 7.22. The van der Waals surface area contributed by atoms with E-state index in [9.17, 15) is 4.79 Å². The zero-order valence-electron chi connectivity index (χ0n) is 15.4. The van der Waals surface area contributed by atoms with Gasteiger partial charge in [-0.25, -0.2) is 9.67 Å². The number of thiazole rings is 1. The van der Waals surface area contributed by atoms with E-state index in [-0.39, 0.29) is 5.91 Å². The zero-order chi connectivity index (χ0) is 19.6. The number of benzene rings is 2. The van der Waals surface area contributed by atoms with E-state index in [1.54, 1.807) is 29.5 Å². The van der Waals surface area contributed by atoms with Crippen molar-refractivity contribution < 1.29 is 9.53 Å². The van der Waals surface area contributed by atoms with Crippen molar-refractivity contribution in [3.8, 4) is 5.69 Å². The van der Waals surface area contributed by atoms with Gasteiger partial charge in [0.1, 0.15) is 6.33 Å². The first kappa shape index (κ1) is 17.7.